The normalized spacial score (nSPS) is 18.9. The van der Waals surface area contributed by atoms with Crippen LogP contribution in [0, 0.1) is 0 Å². The fourth-order valence-electron chi connectivity index (χ4n) is 4.08. The van der Waals surface area contributed by atoms with Crippen molar-refractivity contribution in [1.82, 2.24) is 5.32 Å². The number of hydrogen-bond donors (Lipinski definition) is 1. The van der Waals surface area contributed by atoms with Crippen LogP contribution >= 0.6 is 12.4 Å². The molecule has 2 aliphatic rings. The van der Waals surface area contributed by atoms with Crippen LogP contribution in [0.1, 0.15) is 25.3 Å². The van der Waals surface area contributed by atoms with Gasteiger partial charge in [-0.3, -0.25) is 0 Å². The molecule has 0 radical (unpaired) electrons. The number of halogens is 1. The second kappa shape index (κ2) is 7.22. The number of nitrogens with zero attached hydrogens (tertiary/aromatic N) is 1. The van der Waals surface area contributed by atoms with Gasteiger partial charge >= 0.3 is 0 Å². The summed E-state index contributed by atoms with van der Waals surface area (Å²) in [5.74, 6) is 0. The van der Waals surface area contributed by atoms with Gasteiger partial charge in [-0.1, -0.05) is 18.2 Å². The van der Waals surface area contributed by atoms with E-state index < -0.39 is 9.84 Å². The molecule has 2 aromatic rings. The van der Waals surface area contributed by atoms with Gasteiger partial charge in [-0.05, 0) is 75.2 Å². The lowest BCUT2D eigenvalue weighted by Gasteiger charge is -2.44. The number of hydrogen-bond acceptors (Lipinski definition) is 4. The molecule has 2 heterocycles. The minimum atomic E-state index is -3.45. The molecular weight excluding hydrogens is 368 g/mol. The van der Waals surface area contributed by atoms with E-state index in [1.807, 2.05) is 18.2 Å². The van der Waals surface area contributed by atoms with Gasteiger partial charge in [0.25, 0.3) is 0 Å². The van der Waals surface area contributed by atoms with Gasteiger partial charge in [-0.2, -0.15) is 0 Å². The van der Waals surface area contributed by atoms with Crippen LogP contribution in [-0.2, 0) is 16.3 Å². The molecule has 1 saturated heterocycles. The Balaban J connectivity index is 0.00000196. The van der Waals surface area contributed by atoms with Crippen LogP contribution < -0.4 is 10.2 Å². The molecule has 4 rings (SSSR count). The zero-order valence-corrected chi connectivity index (χ0v) is 16.6. The first-order chi connectivity index (χ1) is 12.0. The Morgan fingerprint density at radius 1 is 1.00 bits per heavy atom. The third kappa shape index (κ3) is 3.24. The number of anilines is 1. The van der Waals surface area contributed by atoms with Crippen molar-refractivity contribution in [3.63, 3.8) is 0 Å². The first kappa shape index (κ1) is 19.2. The summed E-state index contributed by atoms with van der Waals surface area (Å²) in [6.45, 7) is 5.39. The monoisotopic (exact) mass is 392 g/mol. The Kier molecular flexibility index (Phi) is 5.33. The quantitative estimate of drug-likeness (QED) is 0.869. The van der Waals surface area contributed by atoms with Gasteiger partial charge in [-0.15, -0.1) is 12.4 Å². The number of piperidine rings is 1. The Morgan fingerprint density at radius 3 is 2.38 bits per heavy atom. The zero-order chi connectivity index (χ0) is 17.5. The molecule has 2 aromatic carbocycles. The minimum absolute atomic E-state index is 0. The average molecular weight is 393 g/mol. The standard InChI is InChI=1S/C20H24N2O2S.ClH/c1-20(10-12-21-13-11-20)22-14-9-16-15-18(7-8-19(16)22)25(23,24)17-5-3-2-4-6-17;/h2-8,15,21H,9-14H2,1H3;1H. The van der Waals surface area contributed by atoms with Crippen molar-refractivity contribution >= 4 is 27.9 Å². The largest absolute Gasteiger partial charge is 0.365 e. The maximum Gasteiger partial charge on any atom is 0.206 e. The summed E-state index contributed by atoms with van der Waals surface area (Å²) in [6.07, 6.45) is 3.16. The maximum atomic E-state index is 12.9. The summed E-state index contributed by atoms with van der Waals surface area (Å²) in [4.78, 5) is 3.24. The molecule has 6 heteroatoms. The van der Waals surface area contributed by atoms with Gasteiger partial charge < -0.3 is 10.2 Å². The molecule has 4 nitrogen and oxygen atoms in total. The molecule has 0 spiro atoms. The highest BCUT2D eigenvalue weighted by Crippen LogP contribution is 2.39. The van der Waals surface area contributed by atoms with Gasteiger partial charge in [-0.25, -0.2) is 8.42 Å². The number of fused-ring (bicyclic) bond motifs is 1. The van der Waals surface area contributed by atoms with Gasteiger partial charge in [0, 0.05) is 17.8 Å². The second-order valence-corrected chi connectivity index (χ2v) is 9.21. The predicted molar refractivity (Wildman–Crippen MR) is 107 cm³/mol. The highest BCUT2D eigenvalue weighted by atomic mass is 35.5. The lowest BCUT2D eigenvalue weighted by Crippen LogP contribution is -2.52. The Morgan fingerprint density at radius 2 is 1.69 bits per heavy atom. The Labute approximate surface area is 161 Å². The molecule has 0 amide bonds. The average Bonchev–Trinajstić information content (AvgIpc) is 3.07. The summed E-state index contributed by atoms with van der Waals surface area (Å²) in [6, 6.07) is 14.3. The van der Waals surface area contributed by atoms with E-state index in [1.54, 1.807) is 30.3 Å². The topological polar surface area (TPSA) is 49.4 Å². The molecule has 1 fully saturated rings. The molecular formula is C20H25ClN2O2S. The lowest BCUT2D eigenvalue weighted by atomic mass is 9.88. The van der Waals surface area contributed by atoms with E-state index in [1.165, 1.54) is 5.69 Å². The van der Waals surface area contributed by atoms with Crippen LogP contribution in [0.2, 0.25) is 0 Å². The number of nitrogens with one attached hydrogen (secondary N) is 1. The molecule has 26 heavy (non-hydrogen) atoms. The van der Waals surface area contributed by atoms with E-state index in [9.17, 15) is 8.42 Å². The van der Waals surface area contributed by atoms with E-state index in [0.29, 0.717) is 9.79 Å². The third-order valence-electron chi connectivity index (χ3n) is 5.64. The van der Waals surface area contributed by atoms with Crippen molar-refractivity contribution in [3.8, 4) is 0 Å². The first-order valence-electron chi connectivity index (χ1n) is 8.92. The van der Waals surface area contributed by atoms with Crippen LogP contribution in [0.15, 0.2) is 58.3 Å². The summed E-state index contributed by atoms with van der Waals surface area (Å²) in [5.41, 5.74) is 2.52. The molecule has 0 atom stereocenters. The fourth-order valence-corrected chi connectivity index (χ4v) is 5.41. The van der Waals surface area contributed by atoms with Gasteiger partial charge in [0.1, 0.15) is 0 Å². The predicted octanol–water partition coefficient (Wildman–Crippen LogP) is 3.45. The Hall–Kier alpha value is -1.56. The van der Waals surface area contributed by atoms with Crippen LogP contribution in [0.3, 0.4) is 0 Å². The molecule has 0 aliphatic carbocycles. The summed E-state index contributed by atoms with van der Waals surface area (Å²) in [7, 11) is -3.45. The molecule has 140 valence electrons. The summed E-state index contributed by atoms with van der Waals surface area (Å²) in [5, 5.41) is 3.43. The van der Waals surface area contributed by atoms with E-state index >= 15 is 0 Å². The van der Waals surface area contributed by atoms with Gasteiger partial charge in [0.2, 0.25) is 9.84 Å². The first-order valence-corrected chi connectivity index (χ1v) is 10.4. The second-order valence-electron chi connectivity index (χ2n) is 7.26. The lowest BCUT2D eigenvalue weighted by molar-refractivity contribution is 0.316. The van der Waals surface area contributed by atoms with Crippen molar-refractivity contribution < 1.29 is 8.42 Å². The molecule has 2 aliphatic heterocycles. The van der Waals surface area contributed by atoms with Gasteiger partial charge in [0.15, 0.2) is 0 Å². The fraction of sp³-hybridized carbons (Fsp3) is 0.400. The van der Waals surface area contributed by atoms with Crippen molar-refractivity contribution in [2.45, 2.75) is 41.5 Å². The number of rotatable bonds is 3. The highest BCUT2D eigenvalue weighted by Gasteiger charge is 2.37. The molecule has 0 unspecified atom stereocenters. The molecule has 0 bridgehead atoms. The smallest absolute Gasteiger partial charge is 0.206 e. The molecule has 0 aromatic heterocycles. The van der Waals surface area contributed by atoms with E-state index in [4.69, 9.17) is 0 Å². The minimum Gasteiger partial charge on any atom is -0.365 e. The zero-order valence-electron chi connectivity index (χ0n) is 14.9. The van der Waals surface area contributed by atoms with Crippen LogP contribution in [-0.4, -0.2) is 33.6 Å². The van der Waals surface area contributed by atoms with Crippen molar-refractivity contribution in [2.24, 2.45) is 0 Å². The van der Waals surface area contributed by atoms with Crippen molar-refractivity contribution in [1.29, 1.82) is 0 Å². The SMILES string of the molecule is CC1(N2CCc3cc(S(=O)(=O)c4ccccc4)ccc32)CCNCC1.Cl. The van der Waals surface area contributed by atoms with E-state index in [2.05, 4.69) is 17.1 Å². The van der Waals surface area contributed by atoms with Crippen LogP contribution in [0.25, 0.3) is 0 Å². The number of sulfone groups is 1. The summed E-state index contributed by atoms with van der Waals surface area (Å²) >= 11 is 0. The summed E-state index contributed by atoms with van der Waals surface area (Å²) < 4.78 is 25.7. The number of benzene rings is 2. The highest BCUT2D eigenvalue weighted by molar-refractivity contribution is 7.91. The van der Waals surface area contributed by atoms with Crippen molar-refractivity contribution in [3.05, 3.63) is 54.1 Å². The third-order valence-corrected chi connectivity index (χ3v) is 7.41. The maximum absolute atomic E-state index is 12.9. The van der Waals surface area contributed by atoms with Crippen LogP contribution in [0.4, 0.5) is 5.69 Å². The van der Waals surface area contributed by atoms with Gasteiger partial charge in [0.05, 0.1) is 9.79 Å². The van der Waals surface area contributed by atoms with E-state index in [0.717, 1.165) is 44.5 Å². The Bertz CT molecular complexity index is 878. The molecule has 0 saturated carbocycles. The van der Waals surface area contributed by atoms with E-state index in [-0.39, 0.29) is 17.9 Å². The van der Waals surface area contributed by atoms with Crippen molar-refractivity contribution in [2.75, 3.05) is 24.5 Å². The van der Waals surface area contributed by atoms with Crippen LogP contribution in [0.5, 0.6) is 0 Å². The molecule has 1 N–H and O–H groups in total.